The molecule has 4 rings (SSSR count). The number of benzene rings is 1. The molecule has 1 aromatic heterocycles. The van der Waals surface area contributed by atoms with Crippen molar-refractivity contribution in [1.29, 1.82) is 0 Å². The number of halogens is 9. The molecule has 35 heavy (non-hydrogen) atoms. The topological polar surface area (TPSA) is 71.8 Å². The first-order valence-electron chi connectivity index (χ1n) is 9.80. The van der Waals surface area contributed by atoms with E-state index in [-0.39, 0.29) is 26.9 Å². The maximum atomic E-state index is 14.0. The van der Waals surface area contributed by atoms with Gasteiger partial charge in [-0.2, -0.15) is 40.2 Å². The monoisotopic (exact) mass is 531 g/mol. The second kappa shape index (κ2) is 8.24. The molecule has 1 fully saturated rings. The van der Waals surface area contributed by atoms with Gasteiger partial charge in [0.05, 0.1) is 10.6 Å². The van der Waals surface area contributed by atoms with E-state index in [2.05, 4.69) is 15.6 Å². The van der Waals surface area contributed by atoms with Crippen LogP contribution in [0.4, 0.5) is 40.9 Å². The highest BCUT2D eigenvalue weighted by atomic mass is 35.5. The van der Waals surface area contributed by atoms with Crippen molar-refractivity contribution in [2.75, 3.05) is 11.6 Å². The molecule has 190 valence electrons. The van der Waals surface area contributed by atoms with Crippen LogP contribution in [0.3, 0.4) is 0 Å². The van der Waals surface area contributed by atoms with Crippen LogP contribution in [-0.2, 0) is 24.0 Å². The molecule has 2 aliphatic rings. The van der Waals surface area contributed by atoms with Gasteiger partial charge < -0.3 is 10.2 Å². The van der Waals surface area contributed by atoms with Crippen molar-refractivity contribution < 1.29 is 44.8 Å². The number of aryl methyl sites for hydroxylation is 1. The van der Waals surface area contributed by atoms with Gasteiger partial charge in [0.25, 0.3) is 5.91 Å². The Morgan fingerprint density at radius 3 is 2.37 bits per heavy atom. The number of alkyl halides is 8. The molecule has 0 spiro atoms. The van der Waals surface area contributed by atoms with Gasteiger partial charge in [-0.1, -0.05) is 16.8 Å². The number of amidine groups is 1. The van der Waals surface area contributed by atoms with Gasteiger partial charge in [0, 0.05) is 18.7 Å². The highest BCUT2D eigenvalue weighted by Crippen LogP contribution is 2.50. The average molecular weight is 532 g/mol. The fraction of sp³-hybridized carbons (Fsp3) is 0.421. The van der Waals surface area contributed by atoms with Crippen LogP contribution in [0.5, 0.6) is 0 Å². The third-order valence-electron chi connectivity index (χ3n) is 5.18. The molecule has 2 heterocycles. The zero-order valence-corrected chi connectivity index (χ0v) is 18.2. The smallest absolute Gasteiger partial charge is 0.371 e. The van der Waals surface area contributed by atoms with Crippen LogP contribution in [0.15, 0.2) is 23.4 Å². The molecule has 0 atom stereocenters. The lowest BCUT2D eigenvalue weighted by atomic mass is 10.1. The quantitative estimate of drug-likeness (QED) is 0.563. The minimum Gasteiger partial charge on any atom is -0.371 e. The highest BCUT2D eigenvalue weighted by Gasteiger charge is 2.64. The van der Waals surface area contributed by atoms with E-state index in [4.69, 9.17) is 16.4 Å². The van der Waals surface area contributed by atoms with E-state index in [1.54, 1.807) is 0 Å². The van der Waals surface area contributed by atoms with Crippen molar-refractivity contribution in [3.8, 4) is 0 Å². The second-order valence-electron chi connectivity index (χ2n) is 7.78. The van der Waals surface area contributed by atoms with Gasteiger partial charge in [-0.3, -0.25) is 14.4 Å². The van der Waals surface area contributed by atoms with E-state index < -0.39 is 53.8 Å². The van der Waals surface area contributed by atoms with Crippen LogP contribution in [-0.4, -0.2) is 40.5 Å². The van der Waals surface area contributed by atoms with E-state index >= 15 is 0 Å². The number of hydrogen-bond donors (Lipinski definition) is 1. The van der Waals surface area contributed by atoms with Crippen molar-refractivity contribution >= 4 is 29.2 Å². The zero-order chi connectivity index (χ0) is 25.9. The number of aromatic nitrogens is 2. The van der Waals surface area contributed by atoms with E-state index in [0.29, 0.717) is 4.90 Å². The number of carbonyl (C=O) groups is 1. The molecule has 0 saturated heterocycles. The Balaban J connectivity index is 1.80. The third-order valence-corrected chi connectivity index (χ3v) is 5.51. The fourth-order valence-electron chi connectivity index (χ4n) is 3.40. The van der Waals surface area contributed by atoms with Crippen LogP contribution in [0.2, 0.25) is 5.02 Å². The van der Waals surface area contributed by atoms with Gasteiger partial charge >= 0.3 is 18.3 Å². The number of rotatable bonds is 5. The van der Waals surface area contributed by atoms with E-state index in [9.17, 15) is 39.9 Å². The lowest BCUT2D eigenvalue weighted by Crippen LogP contribution is -2.36. The Bertz CT molecular complexity index is 1200. The van der Waals surface area contributed by atoms with Gasteiger partial charge in [-0.15, -0.1) is 0 Å². The van der Waals surface area contributed by atoms with Crippen molar-refractivity contribution in [3.05, 3.63) is 45.6 Å². The van der Waals surface area contributed by atoms with Gasteiger partial charge in [0.15, 0.2) is 18.3 Å². The molecular formula is C19H14ClF8N5O2. The Morgan fingerprint density at radius 1 is 1.14 bits per heavy atom. The van der Waals surface area contributed by atoms with E-state index in [1.165, 1.54) is 18.2 Å². The minimum absolute atomic E-state index is 0.00805. The summed E-state index contributed by atoms with van der Waals surface area (Å²) < 4.78 is 109. The lowest BCUT2D eigenvalue weighted by molar-refractivity contribution is -0.292. The molecule has 0 bridgehead atoms. The van der Waals surface area contributed by atoms with E-state index in [0.717, 1.165) is 19.9 Å². The Morgan fingerprint density at radius 2 is 1.80 bits per heavy atom. The summed E-state index contributed by atoms with van der Waals surface area (Å²) in [6, 6.07) is 3.68. The summed E-state index contributed by atoms with van der Waals surface area (Å²) in [5.41, 5.74) is -4.87. The van der Waals surface area contributed by atoms with E-state index in [1.807, 2.05) is 0 Å². The summed E-state index contributed by atoms with van der Waals surface area (Å²) >= 11 is 6.06. The molecule has 1 aromatic carbocycles. The number of anilines is 1. The normalized spacial score (nSPS) is 16.9. The predicted octanol–water partition coefficient (Wildman–Crippen LogP) is 4.79. The van der Waals surface area contributed by atoms with Crippen molar-refractivity contribution in [2.45, 2.75) is 37.2 Å². The first-order chi connectivity index (χ1) is 16.1. The molecule has 1 aliphatic heterocycles. The molecule has 2 aromatic rings. The first-order valence-corrected chi connectivity index (χ1v) is 10.2. The van der Waals surface area contributed by atoms with Crippen LogP contribution in [0, 0.1) is 0 Å². The zero-order valence-electron chi connectivity index (χ0n) is 17.4. The van der Waals surface area contributed by atoms with Crippen LogP contribution in [0.1, 0.15) is 40.0 Å². The number of hydrogen-bond acceptors (Lipinski definition) is 5. The highest BCUT2D eigenvalue weighted by molar-refractivity contribution is 6.34. The molecule has 1 amide bonds. The summed E-state index contributed by atoms with van der Waals surface area (Å²) in [5, 5.41) is 9.18. The summed E-state index contributed by atoms with van der Waals surface area (Å²) in [6.45, 7) is -0.763. The Labute approximate surface area is 196 Å². The molecule has 0 unspecified atom stereocenters. The number of oxime groups is 1. The van der Waals surface area contributed by atoms with Crippen LogP contribution >= 0.6 is 11.6 Å². The molecule has 7 nitrogen and oxygen atoms in total. The van der Waals surface area contributed by atoms with Gasteiger partial charge in [0.1, 0.15) is 11.4 Å². The first kappa shape index (κ1) is 25.0. The third kappa shape index (κ3) is 4.48. The predicted molar refractivity (Wildman–Crippen MR) is 105 cm³/mol. The number of amides is 1. The molecule has 1 N–H and O–H groups in total. The number of nitrogens with one attached hydrogen (secondary N) is 1. The summed E-state index contributed by atoms with van der Waals surface area (Å²) in [5.74, 6) is -8.02. The van der Waals surface area contributed by atoms with Crippen molar-refractivity contribution in [2.24, 2.45) is 12.2 Å². The average Bonchev–Trinajstić information content (AvgIpc) is 3.27. The lowest BCUT2D eigenvalue weighted by Gasteiger charge is -2.22. The minimum atomic E-state index is -6.34. The van der Waals surface area contributed by atoms with Gasteiger partial charge in [0.2, 0.25) is 0 Å². The molecular weight excluding hydrogens is 518 g/mol. The summed E-state index contributed by atoms with van der Waals surface area (Å²) in [6.07, 6.45) is -10.5. The maximum Gasteiger partial charge on any atom is 0.459 e. The molecule has 16 heteroatoms. The fourth-order valence-corrected chi connectivity index (χ4v) is 3.60. The van der Waals surface area contributed by atoms with Gasteiger partial charge in [-0.25, -0.2) is 0 Å². The molecule has 1 saturated carbocycles. The van der Waals surface area contributed by atoms with Crippen molar-refractivity contribution in [1.82, 2.24) is 15.1 Å². The summed E-state index contributed by atoms with van der Waals surface area (Å²) in [7, 11) is 0.771. The maximum absolute atomic E-state index is 14.0. The van der Waals surface area contributed by atoms with Crippen LogP contribution < -0.4 is 10.2 Å². The molecule has 1 aliphatic carbocycles. The number of carbonyl (C=O) groups excluding carboxylic acids is 1. The Kier molecular flexibility index (Phi) is 5.89. The van der Waals surface area contributed by atoms with Crippen LogP contribution in [0.25, 0.3) is 0 Å². The molecule has 0 radical (unpaired) electrons. The summed E-state index contributed by atoms with van der Waals surface area (Å²) in [4.78, 5) is 17.9. The standard InChI is InChI=1S/C19H14ClF8N5O2/c1-32-16(12(18(23,24)25)13(30-32)17(21,22)19(26,27)28)33-7-35-31-14(33)8-2-5-11(20)10(6-8)15(34)29-9-3-4-9/h2,5-6,9H,3-4,7H2,1H3,(H,29,34). The second-order valence-corrected chi connectivity index (χ2v) is 8.19. The Hall–Kier alpha value is -3.10. The SMILES string of the molecule is Cn1nc(C(F)(F)C(F)(F)F)c(C(F)(F)F)c1N1CON=C1c1ccc(Cl)c(C(=O)NC2CC2)c1. The largest absolute Gasteiger partial charge is 0.459 e. The van der Waals surface area contributed by atoms with Gasteiger partial charge in [-0.05, 0) is 31.0 Å². The van der Waals surface area contributed by atoms with Crippen molar-refractivity contribution in [3.63, 3.8) is 0 Å². The number of nitrogens with zero attached hydrogens (tertiary/aromatic N) is 4.